The number of ether oxygens (including phenoxy) is 3. The van der Waals surface area contributed by atoms with Crippen molar-refractivity contribution in [1.29, 1.82) is 0 Å². The number of imide groups is 1. The molecule has 38 heavy (non-hydrogen) atoms. The lowest BCUT2D eigenvalue weighted by Gasteiger charge is -2.22. The first-order chi connectivity index (χ1) is 18.3. The zero-order chi connectivity index (χ0) is 27.2. The Hall–Kier alpha value is -4.53. The number of hydrogen-bond acceptors (Lipinski definition) is 6. The van der Waals surface area contributed by atoms with Gasteiger partial charge in [0.2, 0.25) is 5.91 Å². The van der Waals surface area contributed by atoms with Gasteiger partial charge in [-0.3, -0.25) is 9.59 Å². The van der Waals surface area contributed by atoms with Crippen molar-refractivity contribution in [3.05, 3.63) is 77.9 Å². The summed E-state index contributed by atoms with van der Waals surface area (Å²) in [6, 6.07) is 18.2. The molecule has 3 aromatic rings. The smallest absolute Gasteiger partial charge is 0.332 e. The van der Waals surface area contributed by atoms with Gasteiger partial charge < -0.3 is 24.4 Å². The predicted molar refractivity (Wildman–Crippen MR) is 144 cm³/mol. The number of carbonyl (C=O) groups excluding carboxylic acids is 3. The zero-order valence-electron chi connectivity index (χ0n) is 21.9. The summed E-state index contributed by atoms with van der Waals surface area (Å²) in [7, 11) is 4.68. The SMILES string of the molecule is COc1ccc(NC(=O)CC2C(=O)N(c3ccc(C)cc3)C(=O)N2CCc2ccc(OC)c(OC)c2)cc1. The largest absolute Gasteiger partial charge is 0.497 e. The van der Waals surface area contributed by atoms with Gasteiger partial charge in [0, 0.05) is 12.2 Å². The second-order valence-corrected chi connectivity index (χ2v) is 8.92. The lowest BCUT2D eigenvalue weighted by atomic mass is 10.1. The maximum atomic E-state index is 13.5. The van der Waals surface area contributed by atoms with E-state index in [1.165, 1.54) is 4.90 Å². The number of aryl methyl sites for hydroxylation is 1. The van der Waals surface area contributed by atoms with Crippen LogP contribution in [0.1, 0.15) is 17.5 Å². The van der Waals surface area contributed by atoms with E-state index < -0.39 is 18.0 Å². The number of amides is 4. The molecule has 9 nitrogen and oxygen atoms in total. The molecular formula is C29H31N3O6. The van der Waals surface area contributed by atoms with Gasteiger partial charge in [0.15, 0.2) is 11.5 Å². The van der Waals surface area contributed by atoms with Crippen molar-refractivity contribution < 1.29 is 28.6 Å². The maximum absolute atomic E-state index is 13.5. The molecule has 9 heteroatoms. The summed E-state index contributed by atoms with van der Waals surface area (Å²) in [4.78, 5) is 42.6. The highest BCUT2D eigenvalue weighted by atomic mass is 16.5. The van der Waals surface area contributed by atoms with Crippen molar-refractivity contribution in [2.45, 2.75) is 25.8 Å². The quantitative estimate of drug-likeness (QED) is 0.400. The molecule has 1 atom stereocenters. The Labute approximate surface area is 221 Å². The zero-order valence-corrected chi connectivity index (χ0v) is 21.9. The summed E-state index contributed by atoms with van der Waals surface area (Å²) in [5, 5.41) is 2.81. The molecule has 1 aliphatic heterocycles. The summed E-state index contributed by atoms with van der Waals surface area (Å²) >= 11 is 0. The first kappa shape index (κ1) is 26.5. The van der Waals surface area contributed by atoms with Crippen molar-refractivity contribution in [1.82, 2.24) is 4.90 Å². The minimum absolute atomic E-state index is 0.176. The van der Waals surface area contributed by atoms with Crippen molar-refractivity contribution in [2.24, 2.45) is 0 Å². The standard InChI is InChI=1S/C29H31N3O6/c1-19-5-10-22(11-6-19)32-28(34)24(18-27(33)30-21-8-12-23(36-2)13-9-21)31(29(32)35)16-15-20-7-14-25(37-3)26(17-20)38-4/h5-14,17,24H,15-16,18H2,1-4H3,(H,30,33). The summed E-state index contributed by atoms with van der Waals surface area (Å²) in [6.45, 7) is 2.17. The van der Waals surface area contributed by atoms with Crippen molar-refractivity contribution in [3.63, 3.8) is 0 Å². The van der Waals surface area contributed by atoms with E-state index in [0.717, 1.165) is 16.0 Å². The molecule has 198 valence electrons. The molecule has 0 bridgehead atoms. The predicted octanol–water partition coefficient (Wildman–Crippen LogP) is 4.43. The molecule has 0 radical (unpaired) electrons. The van der Waals surface area contributed by atoms with Gasteiger partial charge in [0.1, 0.15) is 11.8 Å². The van der Waals surface area contributed by atoms with Crippen LogP contribution in [0.25, 0.3) is 0 Å². The van der Waals surface area contributed by atoms with E-state index in [0.29, 0.717) is 35.0 Å². The van der Waals surface area contributed by atoms with Gasteiger partial charge in [-0.1, -0.05) is 23.8 Å². The van der Waals surface area contributed by atoms with Gasteiger partial charge in [-0.25, -0.2) is 9.69 Å². The normalized spacial score (nSPS) is 15.0. The Morgan fingerprint density at radius 3 is 2.18 bits per heavy atom. The molecule has 0 aliphatic carbocycles. The van der Waals surface area contributed by atoms with E-state index >= 15 is 0 Å². The van der Waals surface area contributed by atoms with Gasteiger partial charge in [-0.2, -0.15) is 0 Å². The van der Waals surface area contributed by atoms with Crippen LogP contribution in [0.4, 0.5) is 16.2 Å². The number of rotatable bonds is 10. The molecule has 1 unspecified atom stereocenters. The van der Waals surface area contributed by atoms with E-state index in [-0.39, 0.29) is 18.9 Å². The van der Waals surface area contributed by atoms with Crippen molar-refractivity contribution in [2.75, 3.05) is 38.1 Å². The maximum Gasteiger partial charge on any atom is 0.332 e. The number of nitrogens with one attached hydrogen (secondary N) is 1. The van der Waals surface area contributed by atoms with Crippen LogP contribution in [0, 0.1) is 6.92 Å². The van der Waals surface area contributed by atoms with Gasteiger partial charge in [-0.15, -0.1) is 0 Å². The van der Waals surface area contributed by atoms with E-state index in [4.69, 9.17) is 14.2 Å². The number of urea groups is 1. The topological polar surface area (TPSA) is 97.4 Å². The van der Waals surface area contributed by atoms with Crippen LogP contribution in [0.5, 0.6) is 17.2 Å². The van der Waals surface area contributed by atoms with E-state index in [1.54, 1.807) is 63.8 Å². The summed E-state index contributed by atoms with van der Waals surface area (Å²) in [6.07, 6.45) is 0.280. The molecule has 1 fully saturated rings. The van der Waals surface area contributed by atoms with Crippen LogP contribution < -0.4 is 24.4 Å². The second kappa shape index (κ2) is 11.7. The summed E-state index contributed by atoms with van der Waals surface area (Å²) in [5.74, 6) is 1.03. The van der Waals surface area contributed by atoms with E-state index in [1.807, 2.05) is 31.2 Å². The third-order valence-corrected chi connectivity index (χ3v) is 6.45. The van der Waals surface area contributed by atoms with Gasteiger partial charge in [-0.05, 0) is 67.4 Å². The molecule has 4 amide bonds. The monoisotopic (exact) mass is 517 g/mol. The van der Waals surface area contributed by atoms with E-state index in [2.05, 4.69) is 5.32 Å². The first-order valence-corrected chi connectivity index (χ1v) is 12.2. The number of benzene rings is 3. The Morgan fingerprint density at radius 1 is 0.868 bits per heavy atom. The van der Waals surface area contributed by atoms with E-state index in [9.17, 15) is 14.4 Å². The highest BCUT2D eigenvalue weighted by molar-refractivity contribution is 6.22. The lowest BCUT2D eigenvalue weighted by Crippen LogP contribution is -2.39. The number of methoxy groups -OCH3 is 3. The average Bonchev–Trinajstić information content (AvgIpc) is 3.16. The number of anilines is 2. The van der Waals surface area contributed by atoms with Crippen molar-refractivity contribution in [3.8, 4) is 17.2 Å². The molecule has 0 spiro atoms. The molecule has 0 aromatic heterocycles. The van der Waals surface area contributed by atoms with Crippen LogP contribution in [0.3, 0.4) is 0 Å². The Morgan fingerprint density at radius 2 is 1.55 bits per heavy atom. The number of carbonyl (C=O) groups is 3. The Bertz CT molecular complexity index is 1310. The summed E-state index contributed by atoms with van der Waals surface area (Å²) in [5.41, 5.74) is 2.95. The molecule has 1 saturated heterocycles. The fourth-order valence-electron chi connectivity index (χ4n) is 4.37. The van der Waals surface area contributed by atoms with Gasteiger partial charge in [0.05, 0.1) is 33.4 Å². The fourth-order valence-corrected chi connectivity index (χ4v) is 4.37. The third kappa shape index (κ3) is 5.72. The fraction of sp³-hybridized carbons (Fsp3) is 0.276. The van der Waals surface area contributed by atoms with Crippen LogP contribution in [0.15, 0.2) is 66.7 Å². The number of nitrogens with zero attached hydrogens (tertiary/aromatic N) is 2. The highest BCUT2D eigenvalue weighted by Gasteiger charge is 2.46. The minimum atomic E-state index is -0.942. The van der Waals surface area contributed by atoms with Crippen LogP contribution in [-0.2, 0) is 16.0 Å². The van der Waals surface area contributed by atoms with Gasteiger partial charge in [0.25, 0.3) is 5.91 Å². The van der Waals surface area contributed by atoms with Crippen LogP contribution >= 0.6 is 0 Å². The average molecular weight is 518 g/mol. The molecule has 0 saturated carbocycles. The molecule has 3 aromatic carbocycles. The summed E-state index contributed by atoms with van der Waals surface area (Å²) < 4.78 is 15.8. The van der Waals surface area contributed by atoms with Crippen LogP contribution in [0.2, 0.25) is 0 Å². The molecule has 1 N–H and O–H groups in total. The third-order valence-electron chi connectivity index (χ3n) is 6.45. The minimum Gasteiger partial charge on any atom is -0.497 e. The van der Waals surface area contributed by atoms with Crippen molar-refractivity contribution >= 4 is 29.2 Å². The molecule has 1 aliphatic rings. The number of hydrogen-bond donors (Lipinski definition) is 1. The first-order valence-electron chi connectivity index (χ1n) is 12.2. The van der Waals surface area contributed by atoms with Gasteiger partial charge >= 0.3 is 6.03 Å². The second-order valence-electron chi connectivity index (χ2n) is 8.92. The molecule has 1 heterocycles. The lowest BCUT2D eigenvalue weighted by molar-refractivity contribution is -0.124. The Balaban J connectivity index is 1.55. The molecular weight excluding hydrogens is 486 g/mol. The van der Waals surface area contributed by atoms with Crippen LogP contribution in [-0.4, -0.2) is 56.7 Å². The highest BCUT2D eigenvalue weighted by Crippen LogP contribution is 2.30. The Kier molecular flexibility index (Phi) is 8.15. The molecule has 4 rings (SSSR count).